The Morgan fingerprint density at radius 1 is 0.625 bits per heavy atom. The van der Waals surface area contributed by atoms with E-state index in [0.717, 1.165) is 37.0 Å². The lowest BCUT2D eigenvalue weighted by Crippen LogP contribution is -1.97. The van der Waals surface area contributed by atoms with Gasteiger partial charge in [0.05, 0.1) is 5.56 Å². The first-order chi connectivity index (χ1) is 15.3. The zero-order chi connectivity index (χ0) is 23.0. The predicted octanol–water partition coefficient (Wildman–Crippen LogP) is 8.35. The molecule has 0 N–H and O–H groups in total. The SMILES string of the molecule is CCCCc1ccc2c(F)c(-c3cc(F)c(-c4cc(F)c(F)c(F)c4)c(F)c3)ccc2c1. The van der Waals surface area contributed by atoms with Crippen LogP contribution in [0.25, 0.3) is 33.0 Å². The fourth-order valence-corrected chi connectivity index (χ4v) is 3.80. The smallest absolute Gasteiger partial charge is 0.194 e. The van der Waals surface area contributed by atoms with Crippen molar-refractivity contribution in [2.45, 2.75) is 26.2 Å². The van der Waals surface area contributed by atoms with Crippen molar-refractivity contribution in [1.29, 1.82) is 0 Å². The van der Waals surface area contributed by atoms with Crippen LogP contribution in [0, 0.1) is 34.9 Å². The molecule has 0 saturated heterocycles. The van der Waals surface area contributed by atoms with E-state index in [1.54, 1.807) is 12.1 Å². The summed E-state index contributed by atoms with van der Waals surface area (Å²) in [6.45, 7) is 2.08. The van der Waals surface area contributed by atoms with Gasteiger partial charge in [-0.05, 0) is 59.2 Å². The van der Waals surface area contributed by atoms with Crippen molar-refractivity contribution in [3.05, 3.63) is 95.1 Å². The molecule has 0 aliphatic heterocycles. The molecule has 0 saturated carbocycles. The molecule has 0 amide bonds. The Balaban J connectivity index is 1.78. The van der Waals surface area contributed by atoms with Crippen LogP contribution in [0.1, 0.15) is 25.3 Å². The molecular weight excluding hydrogens is 426 g/mol. The largest absolute Gasteiger partial charge is 0.206 e. The van der Waals surface area contributed by atoms with Crippen LogP contribution in [0.3, 0.4) is 0 Å². The van der Waals surface area contributed by atoms with Crippen LogP contribution < -0.4 is 0 Å². The molecule has 0 nitrogen and oxygen atoms in total. The fourth-order valence-electron chi connectivity index (χ4n) is 3.80. The number of rotatable bonds is 5. The fraction of sp³-hybridized carbons (Fsp3) is 0.154. The van der Waals surface area contributed by atoms with Crippen LogP contribution in [-0.4, -0.2) is 0 Å². The van der Waals surface area contributed by atoms with E-state index in [0.29, 0.717) is 22.9 Å². The van der Waals surface area contributed by atoms with E-state index < -0.39 is 46.0 Å². The average molecular weight is 444 g/mol. The lowest BCUT2D eigenvalue weighted by molar-refractivity contribution is 0.447. The molecule has 0 unspecified atom stereocenters. The van der Waals surface area contributed by atoms with E-state index >= 15 is 4.39 Å². The molecule has 4 aromatic carbocycles. The van der Waals surface area contributed by atoms with E-state index in [-0.39, 0.29) is 11.1 Å². The summed E-state index contributed by atoms with van der Waals surface area (Å²) in [7, 11) is 0. The van der Waals surface area contributed by atoms with Crippen molar-refractivity contribution in [2.75, 3.05) is 0 Å². The molecule has 0 aliphatic carbocycles. The monoisotopic (exact) mass is 444 g/mol. The molecule has 4 aromatic rings. The summed E-state index contributed by atoms with van der Waals surface area (Å²) >= 11 is 0. The molecule has 164 valence electrons. The zero-order valence-corrected chi connectivity index (χ0v) is 17.1. The number of hydrogen-bond acceptors (Lipinski definition) is 0. The van der Waals surface area contributed by atoms with Crippen LogP contribution in [0.5, 0.6) is 0 Å². The second-order valence-corrected chi connectivity index (χ2v) is 7.65. The van der Waals surface area contributed by atoms with Crippen molar-refractivity contribution in [3.8, 4) is 22.3 Å². The Hall–Kier alpha value is -3.28. The van der Waals surface area contributed by atoms with E-state index in [1.807, 2.05) is 12.1 Å². The lowest BCUT2D eigenvalue weighted by atomic mass is 9.95. The highest BCUT2D eigenvalue weighted by molar-refractivity contribution is 5.89. The molecule has 0 bridgehead atoms. The van der Waals surface area contributed by atoms with Gasteiger partial charge in [-0.15, -0.1) is 0 Å². The molecule has 0 radical (unpaired) electrons. The average Bonchev–Trinajstić information content (AvgIpc) is 2.75. The van der Waals surface area contributed by atoms with E-state index in [9.17, 15) is 22.0 Å². The maximum absolute atomic E-state index is 15.2. The van der Waals surface area contributed by atoms with Crippen molar-refractivity contribution in [2.24, 2.45) is 0 Å². The molecule has 0 aliphatic rings. The molecule has 6 heteroatoms. The van der Waals surface area contributed by atoms with Gasteiger partial charge in [0.15, 0.2) is 17.5 Å². The predicted molar refractivity (Wildman–Crippen MR) is 113 cm³/mol. The summed E-state index contributed by atoms with van der Waals surface area (Å²) in [4.78, 5) is 0. The first kappa shape index (κ1) is 21.9. The minimum atomic E-state index is -1.73. The summed E-state index contributed by atoms with van der Waals surface area (Å²) in [6, 6.07) is 11.3. The van der Waals surface area contributed by atoms with Crippen molar-refractivity contribution in [1.82, 2.24) is 0 Å². The van der Waals surface area contributed by atoms with Crippen molar-refractivity contribution < 1.29 is 26.3 Å². The van der Waals surface area contributed by atoms with Crippen LogP contribution in [0.4, 0.5) is 26.3 Å². The van der Waals surface area contributed by atoms with Gasteiger partial charge >= 0.3 is 0 Å². The maximum atomic E-state index is 15.2. The maximum Gasteiger partial charge on any atom is 0.194 e. The second-order valence-electron chi connectivity index (χ2n) is 7.65. The van der Waals surface area contributed by atoms with Gasteiger partial charge in [0.25, 0.3) is 0 Å². The van der Waals surface area contributed by atoms with E-state index in [4.69, 9.17) is 0 Å². The van der Waals surface area contributed by atoms with E-state index in [1.165, 1.54) is 6.07 Å². The summed E-state index contributed by atoms with van der Waals surface area (Å²) in [5.74, 6) is -7.81. The number of aryl methyl sites for hydroxylation is 1. The van der Waals surface area contributed by atoms with Gasteiger partial charge in [-0.2, -0.15) is 0 Å². The Labute approximate surface area is 181 Å². The standard InChI is InChI=1S/C26H18F6/c1-2-3-4-14-5-7-18-15(9-14)6-8-19(25(18)31)16-10-20(27)24(21(28)11-16)17-12-22(29)26(32)23(30)13-17/h5-13H,2-4H2,1H3. The third-order valence-corrected chi connectivity index (χ3v) is 5.46. The van der Waals surface area contributed by atoms with Crippen molar-refractivity contribution in [3.63, 3.8) is 0 Å². The van der Waals surface area contributed by atoms with Gasteiger partial charge in [0, 0.05) is 10.9 Å². The molecule has 4 rings (SSSR count). The van der Waals surface area contributed by atoms with Gasteiger partial charge in [0.2, 0.25) is 0 Å². The third kappa shape index (κ3) is 3.97. The summed E-state index contributed by atoms with van der Waals surface area (Å²) in [5.41, 5.74) is -0.234. The number of benzene rings is 4. The first-order valence-corrected chi connectivity index (χ1v) is 10.2. The Morgan fingerprint density at radius 3 is 1.88 bits per heavy atom. The third-order valence-electron chi connectivity index (χ3n) is 5.46. The molecule has 0 fully saturated rings. The first-order valence-electron chi connectivity index (χ1n) is 10.2. The molecule has 0 heterocycles. The quantitative estimate of drug-likeness (QED) is 0.214. The highest BCUT2D eigenvalue weighted by Crippen LogP contribution is 2.35. The van der Waals surface area contributed by atoms with Gasteiger partial charge in [-0.1, -0.05) is 43.7 Å². The van der Waals surface area contributed by atoms with Gasteiger partial charge in [-0.25, -0.2) is 26.3 Å². The zero-order valence-electron chi connectivity index (χ0n) is 17.1. The minimum absolute atomic E-state index is 0.0142. The Bertz CT molecular complexity index is 1280. The second kappa shape index (κ2) is 8.69. The minimum Gasteiger partial charge on any atom is -0.206 e. The molecule has 0 aromatic heterocycles. The normalized spacial score (nSPS) is 11.3. The van der Waals surface area contributed by atoms with Crippen LogP contribution in [-0.2, 0) is 6.42 Å². The van der Waals surface area contributed by atoms with Gasteiger partial charge < -0.3 is 0 Å². The molecule has 0 atom stereocenters. The summed E-state index contributed by atoms with van der Waals surface area (Å²) < 4.78 is 85.0. The highest BCUT2D eigenvalue weighted by atomic mass is 19.2. The lowest BCUT2D eigenvalue weighted by Gasteiger charge is -2.12. The Morgan fingerprint density at radius 2 is 1.25 bits per heavy atom. The topological polar surface area (TPSA) is 0 Å². The van der Waals surface area contributed by atoms with Crippen molar-refractivity contribution >= 4 is 10.8 Å². The molecular formula is C26H18F6. The summed E-state index contributed by atoms with van der Waals surface area (Å²) in [6.07, 6.45) is 2.92. The molecule has 0 spiro atoms. The van der Waals surface area contributed by atoms with Crippen LogP contribution in [0.15, 0.2) is 54.6 Å². The number of unbranched alkanes of at least 4 members (excludes halogenated alkanes) is 1. The van der Waals surface area contributed by atoms with Gasteiger partial charge in [0.1, 0.15) is 17.5 Å². The molecule has 32 heavy (non-hydrogen) atoms. The van der Waals surface area contributed by atoms with E-state index in [2.05, 4.69) is 6.92 Å². The number of fused-ring (bicyclic) bond motifs is 1. The Kier molecular flexibility index (Phi) is 5.96. The highest BCUT2D eigenvalue weighted by Gasteiger charge is 2.20. The van der Waals surface area contributed by atoms with Crippen LogP contribution >= 0.6 is 0 Å². The number of hydrogen-bond donors (Lipinski definition) is 0. The van der Waals surface area contributed by atoms with Crippen LogP contribution in [0.2, 0.25) is 0 Å². The summed E-state index contributed by atoms with van der Waals surface area (Å²) in [5, 5.41) is 0.991. The number of halogens is 6. The van der Waals surface area contributed by atoms with Gasteiger partial charge in [-0.3, -0.25) is 0 Å².